The number of amides is 2. The number of hydrogen-bond acceptors (Lipinski definition) is 3. The Kier molecular flexibility index (Phi) is 3.90. The maximum absolute atomic E-state index is 12.1. The summed E-state index contributed by atoms with van der Waals surface area (Å²) in [6.07, 6.45) is 2.19. The van der Waals surface area contributed by atoms with Crippen LogP contribution < -0.4 is 10.1 Å². The molecule has 1 aliphatic heterocycles. The minimum Gasteiger partial charge on any atom is -0.481 e. The average molecular weight is 285 g/mol. The lowest BCUT2D eigenvalue weighted by Gasteiger charge is -2.17. The number of pyridine rings is 1. The molecule has 2 amide bonds. The van der Waals surface area contributed by atoms with Crippen molar-refractivity contribution in [3.63, 3.8) is 0 Å². The van der Waals surface area contributed by atoms with Crippen LogP contribution in [0, 0.1) is 0 Å². The molecular formula is C16H19N3O2. The number of nitrogens with zero attached hydrogens (tertiary/aromatic N) is 2. The predicted octanol–water partition coefficient (Wildman–Crippen LogP) is 2.55. The molecule has 5 nitrogen and oxygen atoms in total. The van der Waals surface area contributed by atoms with Gasteiger partial charge in [-0.1, -0.05) is 18.2 Å². The van der Waals surface area contributed by atoms with Crippen molar-refractivity contribution in [2.75, 3.05) is 20.2 Å². The predicted molar refractivity (Wildman–Crippen MR) is 81.3 cm³/mol. The zero-order chi connectivity index (χ0) is 14.7. The molecule has 3 rings (SSSR count). The molecule has 0 aliphatic carbocycles. The summed E-state index contributed by atoms with van der Waals surface area (Å²) in [5.41, 5.74) is 1.90. The van der Waals surface area contributed by atoms with E-state index in [4.69, 9.17) is 4.74 Å². The Bertz CT molecular complexity index is 651. The fraction of sp³-hybridized carbons (Fsp3) is 0.375. The molecule has 0 spiro atoms. The smallest absolute Gasteiger partial charge is 0.317 e. The highest BCUT2D eigenvalue weighted by Crippen LogP contribution is 2.21. The fourth-order valence-corrected chi connectivity index (χ4v) is 2.67. The zero-order valence-corrected chi connectivity index (χ0v) is 12.1. The highest BCUT2D eigenvalue weighted by molar-refractivity contribution is 5.83. The molecule has 5 heteroatoms. The van der Waals surface area contributed by atoms with E-state index in [1.54, 1.807) is 7.11 Å². The lowest BCUT2D eigenvalue weighted by atomic mass is 10.1. The molecule has 2 aromatic rings. The molecule has 21 heavy (non-hydrogen) atoms. The van der Waals surface area contributed by atoms with Gasteiger partial charge in [-0.2, -0.15) is 0 Å². The number of benzene rings is 1. The summed E-state index contributed by atoms with van der Waals surface area (Å²) in [5, 5.41) is 4.03. The Morgan fingerprint density at radius 1 is 1.33 bits per heavy atom. The SMILES string of the molecule is COc1cc(CNC(=O)N2CCCC2)c2ccccc2n1. The van der Waals surface area contributed by atoms with Crippen molar-refractivity contribution in [3.8, 4) is 5.88 Å². The number of likely N-dealkylation sites (tertiary alicyclic amines) is 1. The first-order valence-electron chi connectivity index (χ1n) is 7.23. The highest BCUT2D eigenvalue weighted by Gasteiger charge is 2.17. The topological polar surface area (TPSA) is 54.5 Å². The van der Waals surface area contributed by atoms with Gasteiger partial charge in [0.25, 0.3) is 0 Å². The lowest BCUT2D eigenvalue weighted by molar-refractivity contribution is 0.208. The van der Waals surface area contributed by atoms with E-state index in [0.717, 1.165) is 42.4 Å². The number of rotatable bonds is 3. The number of fused-ring (bicyclic) bond motifs is 1. The molecule has 0 unspecified atom stereocenters. The number of aromatic nitrogens is 1. The molecule has 0 bridgehead atoms. The van der Waals surface area contributed by atoms with Crippen LogP contribution in [0.1, 0.15) is 18.4 Å². The standard InChI is InChI=1S/C16H19N3O2/c1-21-15-10-12(13-6-2-3-7-14(13)18-15)11-17-16(20)19-8-4-5-9-19/h2-3,6-7,10H,4-5,8-9,11H2,1H3,(H,17,20). The molecular weight excluding hydrogens is 266 g/mol. The summed E-state index contributed by atoms with van der Waals surface area (Å²) >= 11 is 0. The van der Waals surface area contributed by atoms with Crippen molar-refractivity contribution in [1.82, 2.24) is 15.2 Å². The van der Waals surface area contributed by atoms with Crippen LogP contribution in [0.5, 0.6) is 5.88 Å². The van der Waals surface area contributed by atoms with E-state index in [0.29, 0.717) is 12.4 Å². The zero-order valence-electron chi connectivity index (χ0n) is 12.1. The van der Waals surface area contributed by atoms with E-state index in [1.165, 1.54) is 0 Å². The third kappa shape index (κ3) is 2.91. The second-order valence-corrected chi connectivity index (χ2v) is 5.19. The number of ether oxygens (including phenoxy) is 1. The van der Waals surface area contributed by atoms with Gasteiger partial charge in [-0.15, -0.1) is 0 Å². The Labute approximate surface area is 123 Å². The lowest BCUT2D eigenvalue weighted by Crippen LogP contribution is -2.37. The van der Waals surface area contributed by atoms with E-state index in [-0.39, 0.29) is 6.03 Å². The molecule has 2 heterocycles. The van der Waals surface area contributed by atoms with Gasteiger partial charge in [-0.25, -0.2) is 9.78 Å². The third-order valence-electron chi connectivity index (χ3n) is 3.81. The van der Waals surface area contributed by atoms with E-state index in [2.05, 4.69) is 10.3 Å². The van der Waals surface area contributed by atoms with Gasteiger partial charge in [0.05, 0.1) is 12.6 Å². The molecule has 0 saturated carbocycles. The Morgan fingerprint density at radius 2 is 2.10 bits per heavy atom. The van der Waals surface area contributed by atoms with Gasteiger partial charge in [0, 0.05) is 31.1 Å². The summed E-state index contributed by atoms with van der Waals surface area (Å²) in [6.45, 7) is 2.19. The van der Waals surface area contributed by atoms with Gasteiger partial charge in [-0.3, -0.25) is 0 Å². The van der Waals surface area contributed by atoms with Gasteiger partial charge in [-0.05, 0) is 24.5 Å². The first-order chi connectivity index (χ1) is 10.3. The molecule has 0 atom stereocenters. The Hall–Kier alpha value is -2.30. The van der Waals surface area contributed by atoms with Gasteiger partial charge < -0.3 is 15.0 Å². The summed E-state index contributed by atoms with van der Waals surface area (Å²) in [4.78, 5) is 18.4. The maximum Gasteiger partial charge on any atom is 0.317 e. The van der Waals surface area contributed by atoms with E-state index in [1.807, 2.05) is 35.2 Å². The largest absolute Gasteiger partial charge is 0.481 e. The number of para-hydroxylation sites is 1. The second kappa shape index (κ2) is 5.99. The molecule has 1 aliphatic rings. The van der Waals surface area contributed by atoms with E-state index in [9.17, 15) is 4.79 Å². The Morgan fingerprint density at radius 3 is 2.86 bits per heavy atom. The van der Waals surface area contributed by atoms with Crippen molar-refractivity contribution in [3.05, 3.63) is 35.9 Å². The van der Waals surface area contributed by atoms with Crippen molar-refractivity contribution in [2.45, 2.75) is 19.4 Å². The van der Waals surface area contributed by atoms with Gasteiger partial charge >= 0.3 is 6.03 Å². The summed E-state index contributed by atoms with van der Waals surface area (Å²) in [7, 11) is 1.60. The normalized spacial score (nSPS) is 14.4. The van der Waals surface area contributed by atoms with Crippen LogP contribution in [0.4, 0.5) is 4.79 Å². The molecule has 1 N–H and O–H groups in total. The molecule has 1 saturated heterocycles. The Balaban J connectivity index is 1.80. The van der Waals surface area contributed by atoms with Gasteiger partial charge in [0.2, 0.25) is 5.88 Å². The van der Waals surface area contributed by atoms with Crippen molar-refractivity contribution in [1.29, 1.82) is 0 Å². The summed E-state index contributed by atoms with van der Waals surface area (Å²) in [6, 6.07) is 9.77. The number of methoxy groups -OCH3 is 1. The molecule has 1 aromatic heterocycles. The van der Waals surface area contributed by atoms with Gasteiger partial charge in [0.15, 0.2) is 0 Å². The first kappa shape index (κ1) is 13.7. The van der Waals surface area contributed by atoms with Crippen LogP contribution in [-0.2, 0) is 6.54 Å². The fourth-order valence-electron chi connectivity index (χ4n) is 2.67. The molecule has 1 aromatic carbocycles. The van der Waals surface area contributed by atoms with Crippen molar-refractivity contribution >= 4 is 16.9 Å². The van der Waals surface area contributed by atoms with Crippen LogP contribution >= 0.6 is 0 Å². The number of carbonyl (C=O) groups is 1. The second-order valence-electron chi connectivity index (χ2n) is 5.19. The number of urea groups is 1. The number of hydrogen-bond donors (Lipinski definition) is 1. The number of carbonyl (C=O) groups excluding carboxylic acids is 1. The quantitative estimate of drug-likeness (QED) is 0.943. The third-order valence-corrected chi connectivity index (χ3v) is 3.81. The van der Waals surface area contributed by atoms with Crippen LogP contribution in [0.3, 0.4) is 0 Å². The molecule has 0 radical (unpaired) electrons. The van der Waals surface area contributed by atoms with Crippen LogP contribution in [0.25, 0.3) is 10.9 Å². The van der Waals surface area contributed by atoms with Crippen LogP contribution in [-0.4, -0.2) is 36.1 Å². The number of nitrogens with one attached hydrogen (secondary N) is 1. The molecule has 110 valence electrons. The maximum atomic E-state index is 12.1. The first-order valence-corrected chi connectivity index (χ1v) is 7.23. The van der Waals surface area contributed by atoms with E-state index >= 15 is 0 Å². The summed E-state index contributed by atoms with van der Waals surface area (Å²) in [5.74, 6) is 0.569. The van der Waals surface area contributed by atoms with Crippen LogP contribution in [0.2, 0.25) is 0 Å². The monoisotopic (exact) mass is 285 g/mol. The highest BCUT2D eigenvalue weighted by atomic mass is 16.5. The van der Waals surface area contributed by atoms with Crippen molar-refractivity contribution < 1.29 is 9.53 Å². The minimum absolute atomic E-state index is 0.00682. The average Bonchev–Trinajstić information content (AvgIpc) is 3.06. The molecule has 1 fully saturated rings. The van der Waals surface area contributed by atoms with Crippen LogP contribution in [0.15, 0.2) is 30.3 Å². The van der Waals surface area contributed by atoms with E-state index < -0.39 is 0 Å². The summed E-state index contributed by atoms with van der Waals surface area (Å²) < 4.78 is 5.24. The van der Waals surface area contributed by atoms with Gasteiger partial charge in [0.1, 0.15) is 0 Å². The minimum atomic E-state index is 0.00682. The van der Waals surface area contributed by atoms with Crippen molar-refractivity contribution in [2.24, 2.45) is 0 Å².